The fraction of sp³-hybridized carbons (Fsp3) is 0.500. The van der Waals surface area contributed by atoms with Crippen LogP contribution in [0.4, 0.5) is 0 Å². The summed E-state index contributed by atoms with van der Waals surface area (Å²) in [7, 11) is 0. The molecule has 0 saturated heterocycles. The summed E-state index contributed by atoms with van der Waals surface area (Å²) in [6, 6.07) is 8.21. The van der Waals surface area contributed by atoms with Gasteiger partial charge in [-0.05, 0) is 38.0 Å². The van der Waals surface area contributed by atoms with Crippen molar-refractivity contribution in [3.8, 4) is 17.6 Å². The van der Waals surface area contributed by atoms with Crippen molar-refractivity contribution in [3.63, 3.8) is 0 Å². The SMILES string of the molecule is CC(C)(C#N)NCCc1ccc2c(c1)OCCO2. The van der Waals surface area contributed by atoms with E-state index in [2.05, 4.69) is 11.4 Å². The third-order valence-corrected chi connectivity index (χ3v) is 2.87. The molecule has 96 valence electrons. The molecule has 0 atom stereocenters. The Hall–Kier alpha value is -1.73. The molecular weight excluding hydrogens is 228 g/mol. The van der Waals surface area contributed by atoms with Gasteiger partial charge in [0.2, 0.25) is 0 Å². The van der Waals surface area contributed by atoms with E-state index in [-0.39, 0.29) is 0 Å². The minimum atomic E-state index is -0.478. The number of benzene rings is 1. The highest BCUT2D eigenvalue weighted by Gasteiger charge is 2.15. The van der Waals surface area contributed by atoms with E-state index in [9.17, 15) is 0 Å². The first-order valence-corrected chi connectivity index (χ1v) is 6.15. The van der Waals surface area contributed by atoms with Crippen LogP contribution in [0.15, 0.2) is 18.2 Å². The summed E-state index contributed by atoms with van der Waals surface area (Å²) in [5.74, 6) is 1.63. The highest BCUT2D eigenvalue weighted by atomic mass is 16.6. The highest BCUT2D eigenvalue weighted by molar-refractivity contribution is 5.43. The number of rotatable bonds is 4. The van der Waals surface area contributed by atoms with Crippen molar-refractivity contribution in [2.45, 2.75) is 25.8 Å². The number of nitriles is 1. The zero-order chi connectivity index (χ0) is 13.0. The van der Waals surface area contributed by atoms with E-state index in [0.717, 1.165) is 24.5 Å². The number of hydrogen-bond acceptors (Lipinski definition) is 4. The maximum atomic E-state index is 8.90. The summed E-state index contributed by atoms with van der Waals surface area (Å²) in [6.07, 6.45) is 0.863. The molecule has 1 aliphatic rings. The largest absolute Gasteiger partial charge is 0.486 e. The fourth-order valence-corrected chi connectivity index (χ4v) is 1.80. The first-order valence-electron chi connectivity index (χ1n) is 6.15. The van der Waals surface area contributed by atoms with Gasteiger partial charge in [0.1, 0.15) is 18.8 Å². The third kappa shape index (κ3) is 3.14. The monoisotopic (exact) mass is 246 g/mol. The lowest BCUT2D eigenvalue weighted by atomic mass is 10.1. The molecule has 0 radical (unpaired) electrons. The van der Waals surface area contributed by atoms with Gasteiger partial charge in [0.25, 0.3) is 0 Å². The first-order chi connectivity index (χ1) is 8.61. The minimum Gasteiger partial charge on any atom is -0.486 e. The summed E-state index contributed by atoms with van der Waals surface area (Å²) in [5, 5.41) is 12.1. The van der Waals surface area contributed by atoms with Gasteiger partial charge in [0.05, 0.1) is 6.07 Å². The molecule has 0 aromatic heterocycles. The standard InChI is InChI=1S/C14H18N2O2/c1-14(2,10-15)16-6-5-11-3-4-12-13(9-11)18-8-7-17-12/h3-4,9,16H,5-8H2,1-2H3. The molecule has 4 heteroatoms. The molecule has 1 aromatic carbocycles. The fourth-order valence-electron chi connectivity index (χ4n) is 1.80. The maximum Gasteiger partial charge on any atom is 0.161 e. The van der Waals surface area contributed by atoms with Gasteiger partial charge in [-0.25, -0.2) is 0 Å². The zero-order valence-electron chi connectivity index (χ0n) is 10.8. The zero-order valence-corrected chi connectivity index (χ0v) is 10.8. The Bertz CT molecular complexity index is 463. The van der Waals surface area contributed by atoms with Crippen LogP contribution in [0.3, 0.4) is 0 Å². The van der Waals surface area contributed by atoms with Gasteiger partial charge in [-0.1, -0.05) is 6.07 Å². The van der Waals surface area contributed by atoms with Gasteiger partial charge in [-0.2, -0.15) is 5.26 Å². The van der Waals surface area contributed by atoms with Crippen LogP contribution >= 0.6 is 0 Å². The van der Waals surface area contributed by atoms with E-state index in [1.165, 1.54) is 5.56 Å². The molecule has 2 rings (SSSR count). The van der Waals surface area contributed by atoms with Crippen LogP contribution in [0, 0.1) is 11.3 Å². The summed E-state index contributed by atoms with van der Waals surface area (Å²) in [4.78, 5) is 0. The molecule has 0 fully saturated rings. The normalized spacial score (nSPS) is 14.1. The van der Waals surface area contributed by atoms with Crippen LogP contribution in [0.2, 0.25) is 0 Å². The Morgan fingerprint density at radius 2 is 2.00 bits per heavy atom. The smallest absolute Gasteiger partial charge is 0.161 e. The molecule has 0 unspecified atom stereocenters. The van der Waals surface area contributed by atoms with Crippen LogP contribution in [-0.4, -0.2) is 25.3 Å². The molecule has 1 aromatic rings. The molecular formula is C14H18N2O2. The predicted molar refractivity (Wildman–Crippen MR) is 68.8 cm³/mol. The van der Waals surface area contributed by atoms with Crippen molar-refractivity contribution in [3.05, 3.63) is 23.8 Å². The van der Waals surface area contributed by atoms with Crippen LogP contribution in [0.1, 0.15) is 19.4 Å². The molecule has 18 heavy (non-hydrogen) atoms. The van der Waals surface area contributed by atoms with Gasteiger partial charge in [0, 0.05) is 6.54 Å². The number of ether oxygens (including phenoxy) is 2. The van der Waals surface area contributed by atoms with Crippen LogP contribution in [0.5, 0.6) is 11.5 Å². The predicted octanol–water partition coefficient (Wildman–Crippen LogP) is 1.89. The molecule has 4 nitrogen and oxygen atoms in total. The number of nitrogens with one attached hydrogen (secondary N) is 1. The van der Waals surface area contributed by atoms with Crippen molar-refractivity contribution in [2.75, 3.05) is 19.8 Å². The summed E-state index contributed by atoms with van der Waals surface area (Å²) >= 11 is 0. The van der Waals surface area contributed by atoms with Crippen molar-refractivity contribution in [1.29, 1.82) is 5.26 Å². The second kappa shape index (κ2) is 5.28. The maximum absolute atomic E-state index is 8.90. The molecule has 0 bridgehead atoms. The molecule has 0 amide bonds. The highest BCUT2D eigenvalue weighted by Crippen LogP contribution is 2.30. The molecule has 1 heterocycles. The van der Waals surface area contributed by atoms with E-state index < -0.39 is 5.54 Å². The Labute approximate surface area is 108 Å². The summed E-state index contributed by atoms with van der Waals surface area (Å²) in [5.41, 5.74) is 0.703. The second-order valence-electron chi connectivity index (χ2n) is 4.89. The number of fused-ring (bicyclic) bond motifs is 1. The van der Waals surface area contributed by atoms with Crippen LogP contribution in [-0.2, 0) is 6.42 Å². The van der Waals surface area contributed by atoms with Gasteiger partial charge in [-0.3, -0.25) is 5.32 Å². The quantitative estimate of drug-likeness (QED) is 0.881. The molecule has 1 aliphatic heterocycles. The average Bonchev–Trinajstić information content (AvgIpc) is 2.38. The average molecular weight is 246 g/mol. The molecule has 0 saturated carbocycles. The third-order valence-electron chi connectivity index (χ3n) is 2.87. The molecule has 1 N–H and O–H groups in total. The molecule has 0 spiro atoms. The van der Waals surface area contributed by atoms with E-state index in [1.807, 2.05) is 32.0 Å². The van der Waals surface area contributed by atoms with Gasteiger partial charge < -0.3 is 9.47 Å². The van der Waals surface area contributed by atoms with Crippen LogP contribution in [0.25, 0.3) is 0 Å². The summed E-state index contributed by atoms with van der Waals surface area (Å²) < 4.78 is 11.0. The number of nitrogens with zero attached hydrogens (tertiary/aromatic N) is 1. The van der Waals surface area contributed by atoms with Crippen molar-refractivity contribution >= 4 is 0 Å². The lowest BCUT2D eigenvalue weighted by molar-refractivity contribution is 0.171. The van der Waals surface area contributed by atoms with Crippen molar-refractivity contribution in [1.82, 2.24) is 5.32 Å². The Morgan fingerprint density at radius 1 is 1.28 bits per heavy atom. The van der Waals surface area contributed by atoms with Crippen molar-refractivity contribution < 1.29 is 9.47 Å². The van der Waals surface area contributed by atoms with E-state index in [1.54, 1.807) is 0 Å². The number of hydrogen-bond donors (Lipinski definition) is 1. The van der Waals surface area contributed by atoms with Crippen LogP contribution < -0.4 is 14.8 Å². The topological polar surface area (TPSA) is 54.3 Å². The lowest BCUT2D eigenvalue weighted by Gasteiger charge is -2.20. The van der Waals surface area contributed by atoms with Gasteiger partial charge >= 0.3 is 0 Å². The Kier molecular flexibility index (Phi) is 3.73. The minimum absolute atomic E-state index is 0.478. The second-order valence-corrected chi connectivity index (χ2v) is 4.89. The van der Waals surface area contributed by atoms with Crippen molar-refractivity contribution in [2.24, 2.45) is 0 Å². The van der Waals surface area contributed by atoms with Gasteiger partial charge in [-0.15, -0.1) is 0 Å². The van der Waals surface area contributed by atoms with E-state index in [0.29, 0.717) is 13.2 Å². The summed E-state index contributed by atoms with van der Waals surface area (Å²) in [6.45, 7) is 5.73. The van der Waals surface area contributed by atoms with E-state index in [4.69, 9.17) is 14.7 Å². The van der Waals surface area contributed by atoms with Gasteiger partial charge in [0.15, 0.2) is 11.5 Å². The first kappa shape index (κ1) is 12.7. The van der Waals surface area contributed by atoms with E-state index >= 15 is 0 Å². The lowest BCUT2D eigenvalue weighted by Crippen LogP contribution is -2.38. The Balaban J connectivity index is 1.93. The molecule has 0 aliphatic carbocycles. The Morgan fingerprint density at radius 3 is 2.72 bits per heavy atom.